The highest BCUT2D eigenvalue weighted by Gasteiger charge is 2.17. The van der Waals surface area contributed by atoms with Crippen molar-refractivity contribution in [2.45, 2.75) is 19.3 Å². The first-order chi connectivity index (χ1) is 12.3. The van der Waals surface area contributed by atoms with Gasteiger partial charge in [0.2, 0.25) is 5.95 Å². The quantitative estimate of drug-likeness (QED) is 0.925. The van der Waals surface area contributed by atoms with Crippen molar-refractivity contribution in [3.63, 3.8) is 0 Å². The van der Waals surface area contributed by atoms with E-state index < -0.39 is 0 Å². The van der Waals surface area contributed by atoms with E-state index in [0.29, 0.717) is 42.0 Å². The number of ether oxygens (including phenoxy) is 2. The SMILES string of the molecule is O=C(Nc1ccc2c(c1)OCCO2)c1ccnc(N2CCCCC2)n1. The number of aromatic nitrogens is 2. The Bertz CT molecular complexity index is 775. The van der Waals surface area contributed by atoms with Crippen molar-refractivity contribution < 1.29 is 14.3 Å². The summed E-state index contributed by atoms with van der Waals surface area (Å²) in [7, 11) is 0. The second-order valence-corrected chi connectivity index (χ2v) is 6.10. The van der Waals surface area contributed by atoms with Gasteiger partial charge in [0.15, 0.2) is 11.5 Å². The molecule has 1 aromatic heterocycles. The fraction of sp³-hybridized carbons (Fsp3) is 0.389. The van der Waals surface area contributed by atoms with Crippen molar-refractivity contribution in [2.24, 2.45) is 0 Å². The molecule has 2 aliphatic heterocycles. The minimum absolute atomic E-state index is 0.266. The molecular weight excluding hydrogens is 320 g/mol. The van der Waals surface area contributed by atoms with Gasteiger partial charge in [-0.25, -0.2) is 9.97 Å². The van der Waals surface area contributed by atoms with Crippen molar-refractivity contribution in [1.82, 2.24) is 9.97 Å². The Balaban J connectivity index is 1.49. The molecule has 130 valence electrons. The molecule has 0 unspecified atom stereocenters. The van der Waals surface area contributed by atoms with E-state index in [4.69, 9.17) is 9.47 Å². The Morgan fingerprint density at radius 3 is 2.68 bits per heavy atom. The van der Waals surface area contributed by atoms with Crippen LogP contribution in [0.3, 0.4) is 0 Å². The van der Waals surface area contributed by atoms with Crippen LogP contribution in [0.1, 0.15) is 29.8 Å². The lowest BCUT2D eigenvalue weighted by molar-refractivity contribution is 0.102. The lowest BCUT2D eigenvalue weighted by Crippen LogP contribution is -2.31. The van der Waals surface area contributed by atoms with Crippen LogP contribution >= 0.6 is 0 Å². The molecule has 0 bridgehead atoms. The maximum absolute atomic E-state index is 12.5. The average Bonchev–Trinajstić information content (AvgIpc) is 2.69. The van der Waals surface area contributed by atoms with E-state index in [9.17, 15) is 4.79 Å². The third-order valence-corrected chi connectivity index (χ3v) is 4.31. The van der Waals surface area contributed by atoms with E-state index in [0.717, 1.165) is 25.9 Å². The largest absolute Gasteiger partial charge is 0.486 e. The van der Waals surface area contributed by atoms with E-state index in [1.165, 1.54) is 6.42 Å². The maximum Gasteiger partial charge on any atom is 0.274 e. The van der Waals surface area contributed by atoms with Gasteiger partial charge in [-0.3, -0.25) is 4.79 Å². The molecule has 4 rings (SSSR count). The zero-order valence-corrected chi connectivity index (χ0v) is 13.9. The predicted molar refractivity (Wildman–Crippen MR) is 93.5 cm³/mol. The summed E-state index contributed by atoms with van der Waals surface area (Å²) in [5, 5.41) is 2.86. The van der Waals surface area contributed by atoms with Crippen LogP contribution in [-0.4, -0.2) is 42.2 Å². The van der Waals surface area contributed by atoms with E-state index in [-0.39, 0.29) is 5.91 Å². The molecule has 1 saturated heterocycles. The van der Waals surface area contributed by atoms with Crippen molar-refractivity contribution in [1.29, 1.82) is 0 Å². The van der Waals surface area contributed by atoms with Crippen molar-refractivity contribution in [2.75, 3.05) is 36.5 Å². The summed E-state index contributed by atoms with van der Waals surface area (Å²) in [5.74, 6) is 1.69. The predicted octanol–water partition coefficient (Wildman–Crippen LogP) is 2.49. The summed E-state index contributed by atoms with van der Waals surface area (Å²) in [6.45, 7) is 2.93. The number of anilines is 2. The third-order valence-electron chi connectivity index (χ3n) is 4.31. The van der Waals surface area contributed by atoms with Gasteiger partial charge in [0, 0.05) is 31.0 Å². The monoisotopic (exact) mass is 340 g/mol. The minimum atomic E-state index is -0.266. The second kappa shape index (κ2) is 6.96. The molecule has 1 fully saturated rings. The molecule has 0 atom stereocenters. The van der Waals surface area contributed by atoms with Gasteiger partial charge in [-0.05, 0) is 37.5 Å². The number of benzene rings is 1. The fourth-order valence-electron chi connectivity index (χ4n) is 3.04. The normalized spacial score (nSPS) is 16.4. The van der Waals surface area contributed by atoms with Crippen LogP contribution in [0.4, 0.5) is 11.6 Å². The van der Waals surface area contributed by atoms with Crippen LogP contribution in [0.15, 0.2) is 30.5 Å². The van der Waals surface area contributed by atoms with Crippen molar-refractivity contribution >= 4 is 17.5 Å². The molecule has 25 heavy (non-hydrogen) atoms. The van der Waals surface area contributed by atoms with Gasteiger partial charge in [-0.2, -0.15) is 0 Å². The molecule has 1 aromatic carbocycles. The molecule has 0 aliphatic carbocycles. The number of fused-ring (bicyclic) bond motifs is 1. The van der Waals surface area contributed by atoms with Crippen LogP contribution in [0.5, 0.6) is 11.5 Å². The number of rotatable bonds is 3. The summed E-state index contributed by atoms with van der Waals surface area (Å²) >= 11 is 0. The van der Waals surface area contributed by atoms with Crippen LogP contribution in [0, 0.1) is 0 Å². The van der Waals surface area contributed by atoms with Gasteiger partial charge in [0.05, 0.1) is 0 Å². The molecule has 7 nitrogen and oxygen atoms in total. The van der Waals surface area contributed by atoms with Gasteiger partial charge >= 0.3 is 0 Å². The summed E-state index contributed by atoms with van der Waals surface area (Å²) < 4.78 is 11.0. The van der Waals surface area contributed by atoms with Gasteiger partial charge in [-0.1, -0.05) is 0 Å². The number of nitrogens with one attached hydrogen (secondary N) is 1. The Labute approximate surface area is 146 Å². The van der Waals surface area contributed by atoms with E-state index >= 15 is 0 Å². The molecule has 2 aliphatic rings. The highest BCUT2D eigenvalue weighted by Crippen LogP contribution is 2.32. The van der Waals surface area contributed by atoms with Crippen LogP contribution in [-0.2, 0) is 0 Å². The molecular formula is C18H20N4O3. The molecule has 2 aromatic rings. The zero-order valence-electron chi connectivity index (χ0n) is 13.9. The molecule has 3 heterocycles. The summed E-state index contributed by atoms with van der Waals surface area (Å²) in [5.41, 5.74) is 0.998. The lowest BCUT2D eigenvalue weighted by Gasteiger charge is -2.26. The first-order valence-electron chi connectivity index (χ1n) is 8.58. The zero-order chi connectivity index (χ0) is 17.1. The van der Waals surface area contributed by atoms with E-state index in [1.54, 1.807) is 30.5 Å². The highest BCUT2D eigenvalue weighted by molar-refractivity contribution is 6.03. The summed E-state index contributed by atoms with van der Waals surface area (Å²) in [6.07, 6.45) is 5.14. The van der Waals surface area contributed by atoms with Crippen molar-refractivity contribution in [3.05, 3.63) is 36.2 Å². The van der Waals surface area contributed by atoms with Gasteiger partial charge in [0.1, 0.15) is 18.9 Å². The maximum atomic E-state index is 12.5. The molecule has 1 N–H and O–H groups in total. The fourth-order valence-corrected chi connectivity index (χ4v) is 3.04. The van der Waals surface area contributed by atoms with Crippen LogP contribution < -0.4 is 19.7 Å². The number of nitrogens with zero attached hydrogens (tertiary/aromatic N) is 3. The molecule has 1 amide bonds. The van der Waals surface area contributed by atoms with Crippen LogP contribution in [0.25, 0.3) is 0 Å². The number of hydrogen-bond acceptors (Lipinski definition) is 6. The lowest BCUT2D eigenvalue weighted by atomic mass is 10.1. The number of piperidine rings is 1. The molecule has 0 radical (unpaired) electrons. The number of carbonyl (C=O) groups is 1. The van der Waals surface area contributed by atoms with Gasteiger partial charge < -0.3 is 19.7 Å². The second-order valence-electron chi connectivity index (χ2n) is 6.10. The Morgan fingerprint density at radius 1 is 1.04 bits per heavy atom. The average molecular weight is 340 g/mol. The summed E-state index contributed by atoms with van der Waals surface area (Å²) in [6, 6.07) is 6.97. The highest BCUT2D eigenvalue weighted by atomic mass is 16.6. The topological polar surface area (TPSA) is 76.6 Å². The first kappa shape index (κ1) is 15.7. The number of amides is 1. The van der Waals surface area contributed by atoms with Crippen molar-refractivity contribution in [3.8, 4) is 11.5 Å². The Hall–Kier alpha value is -2.83. The standard InChI is InChI=1S/C18H20N4O3/c23-17(20-13-4-5-15-16(12-13)25-11-10-24-15)14-6-7-19-18(21-14)22-8-2-1-3-9-22/h4-7,12H,1-3,8-11H2,(H,20,23). The van der Waals surface area contributed by atoms with Gasteiger partial charge in [0.25, 0.3) is 5.91 Å². The number of carbonyl (C=O) groups excluding carboxylic acids is 1. The van der Waals surface area contributed by atoms with Crippen LogP contribution in [0.2, 0.25) is 0 Å². The molecule has 7 heteroatoms. The smallest absolute Gasteiger partial charge is 0.274 e. The van der Waals surface area contributed by atoms with E-state index in [1.807, 2.05) is 0 Å². The Kier molecular flexibility index (Phi) is 4.37. The molecule has 0 saturated carbocycles. The third kappa shape index (κ3) is 3.50. The summed E-state index contributed by atoms with van der Waals surface area (Å²) in [4.78, 5) is 23.4. The molecule has 0 spiro atoms. The number of hydrogen-bond donors (Lipinski definition) is 1. The Morgan fingerprint density at radius 2 is 1.84 bits per heavy atom. The first-order valence-corrected chi connectivity index (χ1v) is 8.58. The van der Waals surface area contributed by atoms with Gasteiger partial charge in [-0.15, -0.1) is 0 Å². The van der Waals surface area contributed by atoms with E-state index in [2.05, 4.69) is 20.2 Å². The minimum Gasteiger partial charge on any atom is -0.486 e.